The molecule has 6 nitrogen and oxygen atoms in total. The van der Waals surface area contributed by atoms with Crippen LogP contribution in [0.3, 0.4) is 0 Å². The first-order chi connectivity index (χ1) is 14.2. The molecule has 0 radical (unpaired) electrons. The van der Waals surface area contributed by atoms with Gasteiger partial charge in [-0.15, -0.1) is 11.3 Å². The highest BCUT2D eigenvalue weighted by Gasteiger charge is 2.33. The number of guanidine groups is 1. The molecule has 1 saturated carbocycles. The Morgan fingerprint density at radius 1 is 1.31 bits per heavy atom. The lowest BCUT2D eigenvalue weighted by atomic mass is 9.83. The first kappa shape index (κ1) is 22.1. The first-order valence-electron chi connectivity index (χ1n) is 11.1. The second kappa shape index (κ2) is 11.0. The molecule has 3 rings (SSSR count). The summed E-state index contributed by atoms with van der Waals surface area (Å²) in [7, 11) is 0. The van der Waals surface area contributed by atoms with Crippen molar-refractivity contribution in [1.29, 1.82) is 0 Å². The maximum atomic E-state index is 12.7. The van der Waals surface area contributed by atoms with Gasteiger partial charge in [0.2, 0.25) is 5.91 Å². The number of fused-ring (bicyclic) bond motifs is 1. The molecule has 0 saturated heterocycles. The van der Waals surface area contributed by atoms with Crippen molar-refractivity contribution < 1.29 is 9.53 Å². The average Bonchev–Trinajstić information content (AvgIpc) is 3.39. The highest BCUT2D eigenvalue weighted by atomic mass is 32.1. The van der Waals surface area contributed by atoms with Crippen LogP contribution < -0.4 is 10.6 Å². The van der Waals surface area contributed by atoms with Crippen molar-refractivity contribution in [3.05, 3.63) is 21.9 Å². The molecule has 2 heterocycles. The summed E-state index contributed by atoms with van der Waals surface area (Å²) in [5, 5.41) is 8.93. The van der Waals surface area contributed by atoms with E-state index in [1.54, 1.807) is 11.3 Å². The lowest BCUT2D eigenvalue weighted by Crippen LogP contribution is -2.44. The van der Waals surface area contributed by atoms with E-state index in [1.165, 1.54) is 36.1 Å². The van der Waals surface area contributed by atoms with Crippen molar-refractivity contribution in [2.45, 2.75) is 58.9 Å². The fourth-order valence-electron chi connectivity index (χ4n) is 4.39. The summed E-state index contributed by atoms with van der Waals surface area (Å²) in [5.41, 5.74) is 1.58. The van der Waals surface area contributed by atoms with Gasteiger partial charge in [-0.2, -0.15) is 0 Å². The highest BCUT2D eigenvalue weighted by molar-refractivity contribution is 7.10. The fourth-order valence-corrected chi connectivity index (χ4v) is 5.28. The minimum Gasteiger partial charge on any atom is -0.382 e. The van der Waals surface area contributed by atoms with Crippen molar-refractivity contribution in [2.75, 3.05) is 39.4 Å². The fraction of sp³-hybridized carbons (Fsp3) is 0.727. The molecule has 0 unspecified atom stereocenters. The van der Waals surface area contributed by atoms with Crippen molar-refractivity contribution >= 4 is 23.2 Å². The zero-order valence-corrected chi connectivity index (χ0v) is 18.8. The van der Waals surface area contributed by atoms with E-state index >= 15 is 0 Å². The van der Waals surface area contributed by atoms with Crippen molar-refractivity contribution in [1.82, 2.24) is 15.5 Å². The molecule has 0 spiro atoms. The maximum absolute atomic E-state index is 12.7. The molecule has 1 aromatic rings. The van der Waals surface area contributed by atoms with E-state index in [4.69, 9.17) is 4.74 Å². The maximum Gasteiger partial charge on any atom is 0.244 e. The third-order valence-corrected chi connectivity index (χ3v) is 7.18. The quantitative estimate of drug-likeness (QED) is 0.366. The van der Waals surface area contributed by atoms with Crippen LogP contribution in [0.1, 0.15) is 56.4 Å². The van der Waals surface area contributed by atoms with E-state index in [2.05, 4.69) is 34.0 Å². The van der Waals surface area contributed by atoms with Crippen molar-refractivity contribution in [3.8, 4) is 0 Å². The van der Waals surface area contributed by atoms with E-state index < -0.39 is 0 Å². The molecule has 2 N–H and O–H groups in total. The Labute approximate surface area is 179 Å². The number of rotatable bonds is 9. The Bertz CT molecular complexity index is 682. The Balaban J connectivity index is 1.53. The number of hydrogen-bond donors (Lipinski definition) is 2. The largest absolute Gasteiger partial charge is 0.382 e. The van der Waals surface area contributed by atoms with Crippen molar-refractivity contribution in [3.63, 3.8) is 0 Å². The molecule has 1 fully saturated rings. The molecule has 2 aliphatic rings. The first-order valence-corrected chi connectivity index (χ1v) is 12.0. The van der Waals surface area contributed by atoms with Crippen LogP contribution in [0.4, 0.5) is 0 Å². The summed E-state index contributed by atoms with van der Waals surface area (Å²) < 4.78 is 5.62. The normalized spacial score (nSPS) is 18.6. The van der Waals surface area contributed by atoms with Gasteiger partial charge in [0.05, 0.1) is 0 Å². The molecule has 1 aliphatic heterocycles. The lowest BCUT2D eigenvalue weighted by Gasteiger charge is -2.30. The lowest BCUT2D eigenvalue weighted by molar-refractivity contribution is -0.130. The molecule has 1 amide bonds. The molecular formula is C22H36N4O2S. The number of carbonyl (C=O) groups is 1. The topological polar surface area (TPSA) is 66.0 Å². The van der Waals surface area contributed by atoms with Gasteiger partial charge in [0.25, 0.3) is 0 Å². The SMILES string of the molecule is CCNC(=NCC(=O)N1CCc2sccc2C1)NCC1(CCOCC)CCCC1. The summed E-state index contributed by atoms with van der Waals surface area (Å²) in [4.78, 5) is 20.6. The third-order valence-electron chi connectivity index (χ3n) is 6.15. The predicted molar refractivity (Wildman–Crippen MR) is 119 cm³/mol. The molecule has 29 heavy (non-hydrogen) atoms. The van der Waals surface area contributed by atoms with Gasteiger partial charge in [-0.1, -0.05) is 12.8 Å². The van der Waals surface area contributed by atoms with Gasteiger partial charge in [0.1, 0.15) is 6.54 Å². The number of nitrogens with zero attached hydrogens (tertiary/aromatic N) is 2. The van der Waals surface area contributed by atoms with Gasteiger partial charge in [-0.3, -0.25) is 4.79 Å². The summed E-state index contributed by atoms with van der Waals surface area (Å²) in [5.74, 6) is 0.850. The molecule has 0 atom stereocenters. The van der Waals surface area contributed by atoms with Crippen LogP contribution in [-0.4, -0.2) is 56.2 Å². The number of amides is 1. The highest BCUT2D eigenvalue weighted by Crippen LogP contribution is 2.40. The van der Waals surface area contributed by atoms with Crippen molar-refractivity contribution in [2.24, 2.45) is 10.4 Å². The smallest absolute Gasteiger partial charge is 0.244 e. The molecule has 1 aliphatic carbocycles. The van der Waals surface area contributed by atoms with Gasteiger partial charge >= 0.3 is 0 Å². The monoisotopic (exact) mass is 420 g/mol. The summed E-state index contributed by atoms with van der Waals surface area (Å²) in [6, 6.07) is 2.14. The molecule has 0 bridgehead atoms. The number of aliphatic imine (C=N–C) groups is 1. The van der Waals surface area contributed by atoms with Crippen LogP contribution in [0.15, 0.2) is 16.4 Å². The van der Waals surface area contributed by atoms with Gasteiger partial charge in [-0.25, -0.2) is 4.99 Å². The summed E-state index contributed by atoms with van der Waals surface area (Å²) in [6.07, 6.45) is 7.11. The third kappa shape index (κ3) is 6.19. The van der Waals surface area contributed by atoms with Crippen LogP contribution >= 0.6 is 11.3 Å². The molecule has 1 aromatic heterocycles. The minimum absolute atomic E-state index is 0.103. The Morgan fingerprint density at radius 2 is 2.14 bits per heavy atom. The number of nitrogens with one attached hydrogen (secondary N) is 2. The second-order valence-electron chi connectivity index (χ2n) is 8.14. The number of hydrogen-bond acceptors (Lipinski definition) is 4. The van der Waals surface area contributed by atoms with Crippen LogP contribution in [0.2, 0.25) is 0 Å². The minimum atomic E-state index is 0.103. The van der Waals surface area contributed by atoms with Crippen LogP contribution in [0.5, 0.6) is 0 Å². The average molecular weight is 421 g/mol. The van der Waals surface area contributed by atoms with Crippen LogP contribution in [-0.2, 0) is 22.5 Å². The van der Waals surface area contributed by atoms with E-state index in [9.17, 15) is 4.79 Å². The van der Waals surface area contributed by atoms with Gasteiger partial charge in [0, 0.05) is 44.3 Å². The van der Waals surface area contributed by atoms with Crippen LogP contribution in [0.25, 0.3) is 0 Å². The Hall–Kier alpha value is -1.60. The Morgan fingerprint density at radius 3 is 2.90 bits per heavy atom. The second-order valence-corrected chi connectivity index (χ2v) is 9.14. The zero-order valence-electron chi connectivity index (χ0n) is 18.0. The summed E-state index contributed by atoms with van der Waals surface area (Å²) >= 11 is 1.79. The molecule has 0 aromatic carbocycles. The van der Waals surface area contributed by atoms with Gasteiger partial charge in [-0.05, 0) is 62.0 Å². The number of thiophene rings is 1. The number of carbonyl (C=O) groups excluding carboxylic acids is 1. The molecule has 7 heteroatoms. The standard InChI is InChI=1S/C22H36N4O2S/c1-3-23-21(25-17-22(9-5-6-10-22)11-13-28-4-2)24-15-20(27)26-12-7-19-18(16-26)8-14-29-19/h8,14H,3-7,9-13,15-17H2,1-2H3,(H2,23,24,25). The molecule has 162 valence electrons. The van der Waals surface area contributed by atoms with Gasteiger partial charge in [0.15, 0.2) is 5.96 Å². The van der Waals surface area contributed by atoms with E-state index in [-0.39, 0.29) is 17.9 Å². The van der Waals surface area contributed by atoms with Gasteiger partial charge < -0.3 is 20.3 Å². The predicted octanol–water partition coefficient (Wildman–Crippen LogP) is 3.17. The summed E-state index contributed by atoms with van der Waals surface area (Å²) in [6.45, 7) is 9.10. The van der Waals surface area contributed by atoms with E-state index in [0.717, 1.165) is 58.2 Å². The zero-order chi connectivity index (χ0) is 20.5. The number of ether oxygens (including phenoxy) is 1. The molecular weight excluding hydrogens is 384 g/mol. The van der Waals surface area contributed by atoms with Crippen LogP contribution in [0, 0.1) is 5.41 Å². The Kier molecular flexibility index (Phi) is 8.36. The van der Waals surface area contributed by atoms with E-state index in [0.29, 0.717) is 0 Å². The van der Waals surface area contributed by atoms with E-state index in [1.807, 2.05) is 11.8 Å².